The second kappa shape index (κ2) is 6.81. The molecule has 2 heterocycles. The molecule has 3 rings (SSSR count). The summed E-state index contributed by atoms with van der Waals surface area (Å²) in [4.78, 5) is 14.5. The predicted molar refractivity (Wildman–Crippen MR) is 87.7 cm³/mol. The molecule has 122 valence electrons. The van der Waals surface area contributed by atoms with Crippen molar-refractivity contribution in [1.29, 1.82) is 0 Å². The van der Waals surface area contributed by atoms with Gasteiger partial charge in [-0.15, -0.1) is 0 Å². The van der Waals surface area contributed by atoms with E-state index in [1.807, 2.05) is 4.90 Å². The highest BCUT2D eigenvalue weighted by Gasteiger charge is 2.28. The average Bonchev–Trinajstić information content (AvgIpc) is 3.12. The fraction of sp³-hybridized carbons (Fsp3) is 0.688. The maximum Gasteiger partial charge on any atom is 0.270 e. The van der Waals surface area contributed by atoms with Crippen molar-refractivity contribution in [3.63, 3.8) is 0 Å². The second-order valence-corrected chi connectivity index (χ2v) is 7.03. The molecule has 0 unspecified atom stereocenters. The molecule has 1 saturated heterocycles. The van der Waals surface area contributed by atoms with Gasteiger partial charge in [0.15, 0.2) is 0 Å². The normalized spacial score (nSPS) is 20.8. The predicted octanol–water partition coefficient (Wildman–Crippen LogP) is 3.90. The number of hydrogen-bond acceptors (Lipinski definition) is 2. The summed E-state index contributed by atoms with van der Waals surface area (Å²) < 4.78 is 7.79. The van der Waals surface area contributed by atoms with E-state index in [1.54, 1.807) is 17.7 Å². The minimum absolute atomic E-state index is 0.00406. The molecule has 22 heavy (non-hydrogen) atoms. The number of halogens is 2. The molecule has 4 nitrogen and oxygen atoms in total. The van der Waals surface area contributed by atoms with Crippen LogP contribution in [-0.2, 0) is 11.8 Å². The molecule has 0 N–H and O–H groups in total. The Kier molecular flexibility index (Phi) is 5.00. The fourth-order valence-corrected chi connectivity index (χ4v) is 3.78. The fourth-order valence-electron chi connectivity index (χ4n) is 3.40. The standard InChI is InChI=1S/C16H22Cl2N2O2/c1-19-14(10-13(17)15(19)18)16(21)20-8-6-12(7-9-20)22-11-4-2-3-5-11/h10-12H,2-9H2,1H3. The van der Waals surface area contributed by atoms with E-state index >= 15 is 0 Å². The maximum atomic E-state index is 12.6. The third-order valence-electron chi connectivity index (χ3n) is 4.75. The molecule has 1 aromatic heterocycles. The van der Waals surface area contributed by atoms with Gasteiger partial charge in [-0.05, 0) is 31.7 Å². The van der Waals surface area contributed by atoms with Gasteiger partial charge in [-0.1, -0.05) is 36.0 Å². The lowest BCUT2D eigenvalue weighted by molar-refractivity contribution is -0.0358. The molecule has 6 heteroatoms. The highest BCUT2D eigenvalue weighted by Crippen LogP contribution is 2.28. The first-order valence-electron chi connectivity index (χ1n) is 8.01. The van der Waals surface area contributed by atoms with Crippen molar-refractivity contribution in [2.45, 2.75) is 50.7 Å². The van der Waals surface area contributed by atoms with Gasteiger partial charge in [-0.3, -0.25) is 4.79 Å². The van der Waals surface area contributed by atoms with Gasteiger partial charge in [0.25, 0.3) is 5.91 Å². The number of aromatic nitrogens is 1. The number of ether oxygens (including phenoxy) is 1. The highest BCUT2D eigenvalue weighted by atomic mass is 35.5. The highest BCUT2D eigenvalue weighted by molar-refractivity contribution is 6.41. The Morgan fingerprint density at radius 3 is 2.27 bits per heavy atom. The first-order valence-corrected chi connectivity index (χ1v) is 8.77. The minimum atomic E-state index is -0.00406. The zero-order valence-electron chi connectivity index (χ0n) is 12.9. The summed E-state index contributed by atoms with van der Waals surface area (Å²) in [6.45, 7) is 1.47. The average molecular weight is 345 g/mol. The van der Waals surface area contributed by atoms with Crippen molar-refractivity contribution >= 4 is 29.1 Å². The Bertz CT molecular complexity index is 545. The molecular formula is C16H22Cl2N2O2. The van der Waals surface area contributed by atoms with Crippen molar-refractivity contribution in [3.8, 4) is 0 Å². The van der Waals surface area contributed by atoms with Gasteiger partial charge in [0.1, 0.15) is 10.8 Å². The molecule has 1 aromatic rings. The summed E-state index contributed by atoms with van der Waals surface area (Å²) in [7, 11) is 1.76. The van der Waals surface area contributed by atoms with Crippen LogP contribution in [0.25, 0.3) is 0 Å². The van der Waals surface area contributed by atoms with Gasteiger partial charge >= 0.3 is 0 Å². The lowest BCUT2D eigenvalue weighted by atomic mass is 10.1. The summed E-state index contributed by atoms with van der Waals surface area (Å²) >= 11 is 12.0. The Hall–Kier alpha value is -0.710. The molecule has 0 spiro atoms. The van der Waals surface area contributed by atoms with Crippen molar-refractivity contribution in [1.82, 2.24) is 9.47 Å². The first-order chi connectivity index (χ1) is 10.6. The number of carbonyl (C=O) groups is 1. The van der Waals surface area contributed by atoms with Gasteiger partial charge in [0, 0.05) is 20.1 Å². The Labute approximate surface area is 141 Å². The van der Waals surface area contributed by atoms with Crippen LogP contribution in [0.2, 0.25) is 10.2 Å². The van der Waals surface area contributed by atoms with Crippen LogP contribution in [0.3, 0.4) is 0 Å². The van der Waals surface area contributed by atoms with Gasteiger partial charge in [0.2, 0.25) is 0 Å². The van der Waals surface area contributed by atoms with Gasteiger partial charge in [0.05, 0.1) is 17.2 Å². The SMILES string of the molecule is Cn1c(C(=O)N2CCC(OC3CCCC3)CC2)cc(Cl)c1Cl. The molecule has 0 atom stereocenters. The molecular weight excluding hydrogens is 323 g/mol. The zero-order chi connectivity index (χ0) is 15.7. The topological polar surface area (TPSA) is 34.5 Å². The van der Waals surface area contributed by atoms with E-state index in [2.05, 4.69) is 0 Å². The third-order valence-corrected chi connectivity index (χ3v) is 5.59. The maximum absolute atomic E-state index is 12.6. The van der Waals surface area contributed by atoms with E-state index < -0.39 is 0 Å². The smallest absolute Gasteiger partial charge is 0.270 e. The van der Waals surface area contributed by atoms with Crippen molar-refractivity contribution in [3.05, 3.63) is 21.9 Å². The van der Waals surface area contributed by atoms with E-state index in [0.29, 0.717) is 28.1 Å². The molecule has 1 aliphatic carbocycles. The van der Waals surface area contributed by atoms with Crippen LogP contribution in [0.15, 0.2) is 6.07 Å². The number of amides is 1. The van der Waals surface area contributed by atoms with E-state index in [4.69, 9.17) is 27.9 Å². The molecule has 1 saturated carbocycles. The third kappa shape index (κ3) is 3.29. The van der Waals surface area contributed by atoms with Crippen LogP contribution in [0, 0.1) is 0 Å². The van der Waals surface area contributed by atoms with E-state index in [9.17, 15) is 4.79 Å². The largest absolute Gasteiger partial charge is 0.375 e. The number of hydrogen-bond donors (Lipinski definition) is 0. The lowest BCUT2D eigenvalue weighted by Gasteiger charge is -2.33. The number of carbonyl (C=O) groups excluding carboxylic acids is 1. The molecule has 1 aliphatic heterocycles. The quantitative estimate of drug-likeness (QED) is 0.833. The molecule has 1 amide bonds. The van der Waals surface area contributed by atoms with Crippen LogP contribution < -0.4 is 0 Å². The Morgan fingerprint density at radius 2 is 1.73 bits per heavy atom. The minimum Gasteiger partial charge on any atom is -0.375 e. The van der Waals surface area contributed by atoms with E-state index in [0.717, 1.165) is 25.9 Å². The van der Waals surface area contributed by atoms with Crippen LogP contribution in [0.5, 0.6) is 0 Å². The van der Waals surface area contributed by atoms with E-state index in [-0.39, 0.29) is 5.91 Å². The summed E-state index contributed by atoms with van der Waals surface area (Å²) in [5.41, 5.74) is 0.546. The van der Waals surface area contributed by atoms with Gasteiger partial charge in [-0.25, -0.2) is 0 Å². The Balaban J connectivity index is 1.56. The summed E-state index contributed by atoms with van der Waals surface area (Å²) in [6.07, 6.45) is 7.53. The summed E-state index contributed by atoms with van der Waals surface area (Å²) in [5, 5.41) is 0.830. The number of nitrogens with zero attached hydrogens (tertiary/aromatic N) is 2. The molecule has 2 fully saturated rings. The zero-order valence-corrected chi connectivity index (χ0v) is 14.4. The van der Waals surface area contributed by atoms with Crippen LogP contribution in [-0.4, -0.2) is 40.7 Å². The van der Waals surface area contributed by atoms with Gasteiger partial charge < -0.3 is 14.2 Å². The van der Waals surface area contributed by atoms with Crippen LogP contribution in [0.4, 0.5) is 0 Å². The number of rotatable bonds is 3. The summed E-state index contributed by atoms with van der Waals surface area (Å²) in [5.74, 6) is -0.00406. The van der Waals surface area contributed by atoms with Crippen LogP contribution >= 0.6 is 23.2 Å². The number of likely N-dealkylation sites (tertiary alicyclic amines) is 1. The van der Waals surface area contributed by atoms with Crippen molar-refractivity contribution in [2.75, 3.05) is 13.1 Å². The molecule has 0 aromatic carbocycles. The van der Waals surface area contributed by atoms with Gasteiger partial charge in [-0.2, -0.15) is 0 Å². The molecule has 0 radical (unpaired) electrons. The summed E-state index contributed by atoms with van der Waals surface area (Å²) in [6, 6.07) is 1.65. The first kappa shape index (κ1) is 16.2. The molecule has 0 bridgehead atoms. The second-order valence-electron chi connectivity index (χ2n) is 6.26. The van der Waals surface area contributed by atoms with Crippen molar-refractivity contribution in [2.24, 2.45) is 7.05 Å². The lowest BCUT2D eigenvalue weighted by Crippen LogP contribution is -2.42. The van der Waals surface area contributed by atoms with E-state index in [1.165, 1.54) is 25.7 Å². The Morgan fingerprint density at radius 1 is 1.14 bits per heavy atom. The van der Waals surface area contributed by atoms with Crippen LogP contribution in [0.1, 0.15) is 49.0 Å². The monoisotopic (exact) mass is 344 g/mol. The molecule has 2 aliphatic rings. The van der Waals surface area contributed by atoms with Crippen molar-refractivity contribution < 1.29 is 9.53 Å². The number of piperidine rings is 1.